The topological polar surface area (TPSA) is 139 Å². The third kappa shape index (κ3) is 6.63. The number of aromatic nitrogens is 1. The molecule has 0 radical (unpaired) electrons. The maximum absolute atomic E-state index is 12.6. The molecule has 2 amide bonds. The average Bonchev–Trinajstić information content (AvgIpc) is 3.34. The van der Waals surface area contributed by atoms with E-state index in [2.05, 4.69) is 26.5 Å². The van der Waals surface area contributed by atoms with Crippen LogP contribution in [0.4, 0.5) is 4.79 Å². The molecule has 0 aromatic carbocycles. The quantitative estimate of drug-likeness (QED) is 0.443. The predicted molar refractivity (Wildman–Crippen MR) is 118 cm³/mol. The third-order valence-corrected chi connectivity index (χ3v) is 7.06. The summed E-state index contributed by atoms with van der Waals surface area (Å²) in [5, 5.41) is 5.65. The van der Waals surface area contributed by atoms with E-state index in [4.69, 9.17) is 4.74 Å². The van der Waals surface area contributed by atoms with E-state index in [-0.39, 0.29) is 41.6 Å². The lowest BCUT2D eigenvalue weighted by molar-refractivity contribution is -0.121. The lowest BCUT2D eigenvalue weighted by Gasteiger charge is -2.18. The normalized spacial score (nSPS) is 25.5. The second-order valence-electron chi connectivity index (χ2n) is 8.66. The zero-order valence-electron chi connectivity index (χ0n) is 18.8. The summed E-state index contributed by atoms with van der Waals surface area (Å²) in [6.07, 6.45) is 5.78. The Morgan fingerprint density at radius 1 is 1.25 bits per heavy atom. The molecule has 4 atom stereocenters. The molecule has 1 aromatic heterocycles. The molecule has 2 fully saturated rings. The van der Waals surface area contributed by atoms with Gasteiger partial charge in [-0.15, -0.1) is 0 Å². The zero-order chi connectivity index (χ0) is 23.3. The molecule has 3 rings (SSSR count). The van der Waals surface area contributed by atoms with Gasteiger partial charge in [-0.05, 0) is 56.6 Å². The molecule has 178 valence electrons. The Morgan fingerprint density at radius 2 is 2.03 bits per heavy atom. The minimum absolute atomic E-state index is 0.0408. The van der Waals surface area contributed by atoms with Gasteiger partial charge in [-0.2, -0.15) is 0 Å². The molecular weight excluding hydrogens is 434 g/mol. The number of amides is 2. The fourth-order valence-electron chi connectivity index (χ4n) is 4.34. The van der Waals surface area contributed by atoms with E-state index in [1.54, 1.807) is 13.0 Å². The summed E-state index contributed by atoms with van der Waals surface area (Å²) in [4.78, 5) is 28.5. The molecule has 1 aromatic rings. The molecule has 32 heavy (non-hydrogen) atoms. The summed E-state index contributed by atoms with van der Waals surface area (Å²) >= 11 is 0. The van der Waals surface area contributed by atoms with Crippen LogP contribution in [0.5, 0.6) is 0 Å². The van der Waals surface area contributed by atoms with Crippen LogP contribution in [-0.4, -0.2) is 56.5 Å². The lowest BCUT2D eigenvalue weighted by atomic mass is 9.96. The van der Waals surface area contributed by atoms with Crippen LogP contribution in [0.25, 0.3) is 0 Å². The molecule has 11 heteroatoms. The van der Waals surface area contributed by atoms with E-state index < -0.39 is 9.84 Å². The number of carbonyl (C=O) groups is 2. The molecule has 0 bridgehead atoms. The van der Waals surface area contributed by atoms with E-state index in [0.717, 1.165) is 31.9 Å². The largest absolute Gasteiger partial charge is 0.446 e. The molecule has 2 aliphatic rings. The third-order valence-electron chi connectivity index (χ3n) is 5.89. The summed E-state index contributed by atoms with van der Waals surface area (Å²) < 4.78 is 29.5. The van der Waals surface area contributed by atoms with Crippen LogP contribution in [0, 0.1) is 12.8 Å². The highest BCUT2D eigenvalue weighted by atomic mass is 32.2. The van der Waals surface area contributed by atoms with Crippen LogP contribution in [0.2, 0.25) is 0 Å². The van der Waals surface area contributed by atoms with Crippen LogP contribution < -0.4 is 21.5 Å². The van der Waals surface area contributed by atoms with Crippen molar-refractivity contribution in [3.8, 4) is 0 Å². The molecular formula is C21H33N5O5S. The minimum atomic E-state index is -3.47. The van der Waals surface area contributed by atoms with E-state index in [9.17, 15) is 18.0 Å². The second kappa shape index (κ2) is 10.6. The van der Waals surface area contributed by atoms with Gasteiger partial charge in [0.15, 0.2) is 9.84 Å². The van der Waals surface area contributed by atoms with E-state index in [0.29, 0.717) is 30.1 Å². The Morgan fingerprint density at radius 3 is 2.75 bits per heavy atom. The molecule has 1 aliphatic heterocycles. The molecule has 1 saturated heterocycles. The fraction of sp³-hybridized carbons (Fsp3) is 0.667. The van der Waals surface area contributed by atoms with Gasteiger partial charge in [0.05, 0.1) is 17.5 Å². The first-order valence-electron chi connectivity index (χ1n) is 11.1. The molecule has 10 nitrogen and oxygen atoms in total. The Labute approximate surface area is 189 Å². The van der Waals surface area contributed by atoms with Crippen molar-refractivity contribution in [2.75, 3.05) is 12.8 Å². The summed E-state index contributed by atoms with van der Waals surface area (Å²) in [7, 11) is -3.47. The number of hydrazine groups is 1. The van der Waals surface area contributed by atoms with Crippen molar-refractivity contribution in [2.24, 2.45) is 5.92 Å². The number of aryl methyl sites for hydroxylation is 1. The van der Waals surface area contributed by atoms with Gasteiger partial charge in [0.2, 0.25) is 5.91 Å². The monoisotopic (exact) mass is 467 g/mol. The van der Waals surface area contributed by atoms with E-state index in [1.807, 2.05) is 6.92 Å². The molecule has 1 saturated carbocycles. The molecule has 0 spiro atoms. The van der Waals surface area contributed by atoms with Crippen LogP contribution >= 0.6 is 0 Å². The lowest BCUT2D eigenvalue weighted by Crippen LogP contribution is -2.45. The predicted octanol–water partition coefficient (Wildman–Crippen LogP) is 0.950. The first kappa shape index (κ1) is 24.4. The number of rotatable bonds is 8. The Kier molecular flexibility index (Phi) is 8.07. The average molecular weight is 468 g/mol. The number of alkyl carbamates (subject to hydrolysis) is 1. The van der Waals surface area contributed by atoms with E-state index in [1.165, 1.54) is 6.20 Å². The molecule has 2 unspecified atom stereocenters. The number of ether oxygens (including phenoxy) is 1. The van der Waals surface area contributed by atoms with Crippen molar-refractivity contribution >= 4 is 21.8 Å². The summed E-state index contributed by atoms with van der Waals surface area (Å²) in [5.74, 6) is 0.0775. The summed E-state index contributed by atoms with van der Waals surface area (Å²) in [6, 6.07) is 1.79. The van der Waals surface area contributed by atoms with Crippen molar-refractivity contribution in [1.82, 2.24) is 26.5 Å². The maximum Gasteiger partial charge on any atom is 0.407 e. The highest BCUT2D eigenvalue weighted by Gasteiger charge is 2.37. The molecule has 4 N–H and O–H groups in total. The Hall–Kier alpha value is -2.24. The van der Waals surface area contributed by atoms with Gasteiger partial charge in [-0.25, -0.2) is 18.6 Å². The number of nitrogens with zero attached hydrogens (tertiary/aromatic N) is 1. The van der Waals surface area contributed by atoms with Crippen molar-refractivity contribution in [2.45, 2.75) is 75.6 Å². The van der Waals surface area contributed by atoms with Gasteiger partial charge in [0.25, 0.3) is 0 Å². The highest BCUT2D eigenvalue weighted by molar-refractivity contribution is 7.90. The fourth-order valence-corrected chi connectivity index (χ4v) is 5.20. The van der Waals surface area contributed by atoms with Gasteiger partial charge in [0.1, 0.15) is 6.10 Å². The zero-order valence-corrected chi connectivity index (χ0v) is 19.6. The van der Waals surface area contributed by atoms with Crippen molar-refractivity contribution < 1.29 is 22.7 Å². The van der Waals surface area contributed by atoms with Crippen molar-refractivity contribution in [3.05, 3.63) is 23.5 Å². The minimum Gasteiger partial charge on any atom is -0.446 e. The van der Waals surface area contributed by atoms with Crippen LogP contribution in [0.15, 0.2) is 17.2 Å². The number of hydrogen-bond donors (Lipinski definition) is 4. The van der Waals surface area contributed by atoms with Gasteiger partial charge < -0.3 is 15.4 Å². The Balaban J connectivity index is 1.48. The van der Waals surface area contributed by atoms with Gasteiger partial charge >= 0.3 is 6.09 Å². The summed E-state index contributed by atoms with van der Waals surface area (Å²) in [6.45, 7) is 4.35. The van der Waals surface area contributed by atoms with Gasteiger partial charge in [-0.1, -0.05) is 6.92 Å². The summed E-state index contributed by atoms with van der Waals surface area (Å²) in [5.41, 5.74) is 7.45. The van der Waals surface area contributed by atoms with Crippen LogP contribution in [-0.2, 0) is 25.8 Å². The second-order valence-corrected chi connectivity index (χ2v) is 10.6. The number of hydrogen-bond acceptors (Lipinski definition) is 8. The van der Waals surface area contributed by atoms with Crippen LogP contribution in [0.3, 0.4) is 0 Å². The van der Waals surface area contributed by atoms with Crippen molar-refractivity contribution in [3.63, 3.8) is 0 Å². The SMILES string of the molecule is CCCNC(=O)O[C@@H]1CC[C@H](C2CC(NC(=O)Cc3cc(C)ncc3S(C)(=O)=O)NN2)C1. The number of pyridine rings is 1. The number of sulfone groups is 1. The first-order chi connectivity index (χ1) is 15.2. The van der Waals surface area contributed by atoms with Gasteiger partial charge in [-0.3, -0.25) is 15.2 Å². The standard InChI is InChI=1S/C21H33N5O5S/c1-4-7-22-21(28)31-16-6-5-14(9-16)17-11-19(26-25-17)24-20(27)10-15-8-13(2)23-12-18(15)32(3,29)30/h8,12,14,16-17,19,25-26H,4-7,9-11H2,1-3H3,(H,22,28)(H,24,27)/t14-,16+,17?,19?/m0/s1. The smallest absolute Gasteiger partial charge is 0.407 e. The number of carbonyl (C=O) groups excluding carboxylic acids is 2. The van der Waals surface area contributed by atoms with Crippen molar-refractivity contribution in [1.29, 1.82) is 0 Å². The maximum atomic E-state index is 12.6. The van der Waals surface area contributed by atoms with Gasteiger partial charge in [0, 0.05) is 30.7 Å². The van der Waals surface area contributed by atoms with E-state index >= 15 is 0 Å². The molecule has 2 heterocycles. The van der Waals surface area contributed by atoms with Crippen LogP contribution in [0.1, 0.15) is 50.3 Å². The Bertz CT molecular complexity index is 939. The highest BCUT2D eigenvalue weighted by Crippen LogP contribution is 2.32. The first-order valence-corrected chi connectivity index (χ1v) is 12.9. The molecule has 1 aliphatic carbocycles. The number of nitrogens with one attached hydrogen (secondary N) is 4.